The van der Waals surface area contributed by atoms with Crippen LogP contribution in [0.5, 0.6) is 0 Å². The van der Waals surface area contributed by atoms with Gasteiger partial charge in [-0.2, -0.15) is 0 Å². The van der Waals surface area contributed by atoms with Gasteiger partial charge in [0.25, 0.3) is 5.91 Å². The fraction of sp³-hybridized carbons (Fsp3) is 0.304. The highest BCUT2D eigenvalue weighted by molar-refractivity contribution is 6.11. The van der Waals surface area contributed by atoms with Crippen molar-refractivity contribution < 1.29 is 14.0 Å². The number of carbonyl (C=O) groups excluding carboxylic acids is 2. The number of amides is 2. The molecule has 0 radical (unpaired) electrons. The number of furan rings is 1. The van der Waals surface area contributed by atoms with Crippen molar-refractivity contribution in [2.24, 2.45) is 0 Å². The summed E-state index contributed by atoms with van der Waals surface area (Å²) in [4.78, 5) is 27.7. The van der Waals surface area contributed by atoms with Crippen molar-refractivity contribution in [1.82, 2.24) is 4.90 Å². The van der Waals surface area contributed by atoms with Crippen LogP contribution in [-0.4, -0.2) is 29.8 Å². The van der Waals surface area contributed by atoms with Crippen LogP contribution in [-0.2, 0) is 11.2 Å². The Labute approximate surface area is 164 Å². The van der Waals surface area contributed by atoms with Gasteiger partial charge in [-0.25, -0.2) is 0 Å². The fourth-order valence-electron chi connectivity index (χ4n) is 3.70. The van der Waals surface area contributed by atoms with Crippen LogP contribution in [0.2, 0.25) is 0 Å². The number of nitrogens with zero attached hydrogens (tertiary/aromatic N) is 1. The standard InChI is InChI=1S/C23H24N2O3/c26-20(16-17-10-4-3-5-11-17)24-21-18-12-6-7-13-19(18)28-22(21)23(27)25-14-8-1-2-9-15-25/h3-7,10-13H,1-2,8-9,14-16H2,(H,24,26). The highest BCUT2D eigenvalue weighted by Gasteiger charge is 2.26. The summed E-state index contributed by atoms with van der Waals surface area (Å²) in [5.74, 6) is -0.0831. The van der Waals surface area contributed by atoms with Gasteiger partial charge in [-0.15, -0.1) is 0 Å². The van der Waals surface area contributed by atoms with Gasteiger partial charge in [-0.3, -0.25) is 9.59 Å². The molecule has 0 aliphatic carbocycles. The molecule has 5 nitrogen and oxygen atoms in total. The first-order chi connectivity index (χ1) is 13.7. The van der Waals surface area contributed by atoms with E-state index in [9.17, 15) is 9.59 Å². The van der Waals surface area contributed by atoms with Gasteiger partial charge in [-0.05, 0) is 30.5 Å². The molecule has 1 fully saturated rings. The minimum Gasteiger partial charge on any atom is -0.449 e. The zero-order valence-corrected chi connectivity index (χ0v) is 15.8. The van der Waals surface area contributed by atoms with E-state index in [0.717, 1.165) is 49.7 Å². The number of benzene rings is 2. The van der Waals surface area contributed by atoms with Gasteiger partial charge in [0.1, 0.15) is 11.3 Å². The summed E-state index contributed by atoms with van der Waals surface area (Å²) in [5, 5.41) is 3.69. The lowest BCUT2D eigenvalue weighted by atomic mass is 10.1. The summed E-state index contributed by atoms with van der Waals surface area (Å²) in [7, 11) is 0. The van der Waals surface area contributed by atoms with E-state index >= 15 is 0 Å². The third-order valence-corrected chi connectivity index (χ3v) is 5.15. The van der Waals surface area contributed by atoms with Crippen molar-refractivity contribution in [3.05, 3.63) is 65.9 Å². The minimum atomic E-state index is -0.164. The predicted octanol–water partition coefficient (Wildman–Crippen LogP) is 4.63. The monoisotopic (exact) mass is 376 g/mol. The maximum Gasteiger partial charge on any atom is 0.291 e. The predicted molar refractivity (Wildman–Crippen MR) is 109 cm³/mol. The molecular formula is C23H24N2O3. The first-order valence-corrected chi connectivity index (χ1v) is 9.87. The van der Waals surface area contributed by atoms with Gasteiger partial charge in [0, 0.05) is 18.5 Å². The SMILES string of the molecule is O=C(Cc1ccccc1)Nc1c(C(=O)N2CCCCCC2)oc2ccccc12. The second-order valence-corrected chi connectivity index (χ2v) is 7.22. The minimum absolute atomic E-state index is 0.145. The number of para-hydroxylation sites is 1. The lowest BCUT2D eigenvalue weighted by Gasteiger charge is -2.19. The molecule has 5 heteroatoms. The van der Waals surface area contributed by atoms with E-state index in [2.05, 4.69) is 5.32 Å². The van der Waals surface area contributed by atoms with E-state index in [4.69, 9.17) is 4.42 Å². The summed E-state index contributed by atoms with van der Waals surface area (Å²) in [6.45, 7) is 1.46. The lowest BCUT2D eigenvalue weighted by molar-refractivity contribution is -0.115. The molecule has 28 heavy (non-hydrogen) atoms. The Balaban J connectivity index is 1.63. The number of anilines is 1. The summed E-state index contributed by atoms with van der Waals surface area (Å²) < 4.78 is 5.90. The summed E-state index contributed by atoms with van der Waals surface area (Å²) in [6, 6.07) is 17.0. The smallest absolute Gasteiger partial charge is 0.291 e. The average Bonchev–Trinajstić information content (AvgIpc) is 2.89. The topological polar surface area (TPSA) is 62.6 Å². The first kappa shape index (κ1) is 18.3. The summed E-state index contributed by atoms with van der Waals surface area (Å²) in [5.41, 5.74) is 2.01. The molecule has 1 aliphatic heterocycles. The molecule has 1 aromatic heterocycles. The van der Waals surface area contributed by atoms with Gasteiger partial charge < -0.3 is 14.6 Å². The van der Waals surface area contributed by atoms with Crippen LogP contribution >= 0.6 is 0 Å². The molecule has 2 amide bonds. The zero-order valence-electron chi connectivity index (χ0n) is 15.8. The number of likely N-dealkylation sites (tertiary alicyclic amines) is 1. The van der Waals surface area contributed by atoms with E-state index in [0.29, 0.717) is 11.3 Å². The van der Waals surface area contributed by atoms with Crippen LogP contribution in [0.1, 0.15) is 41.8 Å². The third kappa shape index (κ3) is 3.93. The Morgan fingerprint density at radius 3 is 2.32 bits per heavy atom. The Kier molecular flexibility index (Phi) is 5.42. The van der Waals surface area contributed by atoms with Gasteiger partial charge in [-0.1, -0.05) is 55.3 Å². The normalized spacial score (nSPS) is 14.6. The zero-order chi connectivity index (χ0) is 19.3. The number of hydrogen-bond donors (Lipinski definition) is 1. The largest absolute Gasteiger partial charge is 0.449 e. The number of carbonyl (C=O) groups is 2. The second kappa shape index (κ2) is 8.30. The highest BCUT2D eigenvalue weighted by Crippen LogP contribution is 2.32. The number of nitrogens with one attached hydrogen (secondary N) is 1. The van der Waals surface area contributed by atoms with E-state index in [1.54, 1.807) is 0 Å². The van der Waals surface area contributed by atoms with Crippen molar-refractivity contribution in [3.8, 4) is 0 Å². The third-order valence-electron chi connectivity index (χ3n) is 5.15. The quantitative estimate of drug-likeness (QED) is 0.722. The molecule has 3 aromatic rings. The van der Waals surface area contributed by atoms with Gasteiger partial charge in [0.2, 0.25) is 11.7 Å². The molecule has 144 valence electrons. The molecule has 0 spiro atoms. The second-order valence-electron chi connectivity index (χ2n) is 7.22. The molecule has 2 aromatic carbocycles. The molecule has 1 N–H and O–H groups in total. The lowest BCUT2D eigenvalue weighted by Crippen LogP contribution is -2.32. The Morgan fingerprint density at radius 2 is 1.57 bits per heavy atom. The van der Waals surface area contributed by atoms with Crippen LogP contribution in [0.15, 0.2) is 59.0 Å². The van der Waals surface area contributed by atoms with Crippen molar-refractivity contribution >= 4 is 28.5 Å². The summed E-state index contributed by atoms with van der Waals surface area (Å²) in [6.07, 6.45) is 4.54. The van der Waals surface area contributed by atoms with Crippen LogP contribution in [0.25, 0.3) is 11.0 Å². The Hall–Kier alpha value is -3.08. The summed E-state index contributed by atoms with van der Waals surface area (Å²) >= 11 is 0. The first-order valence-electron chi connectivity index (χ1n) is 9.87. The van der Waals surface area contributed by atoms with Gasteiger partial charge in [0.05, 0.1) is 6.42 Å². The van der Waals surface area contributed by atoms with Crippen molar-refractivity contribution in [2.45, 2.75) is 32.1 Å². The molecule has 4 rings (SSSR count). The fourth-order valence-corrected chi connectivity index (χ4v) is 3.70. The molecule has 0 unspecified atom stereocenters. The van der Waals surface area contributed by atoms with Crippen LogP contribution in [0.4, 0.5) is 5.69 Å². The number of rotatable bonds is 4. The van der Waals surface area contributed by atoms with Crippen molar-refractivity contribution in [2.75, 3.05) is 18.4 Å². The number of fused-ring (bicyclic) bond motifs is 1. The Morgan fingerprint density at radius 1 is 0.893 bits per heavy atom. The molecular weight excluding hydrogens is 352 g/mol. The molecule has 0 bridgehead atoms. The van der Waals surface area contributed by atoms with Crippen molar-refractivity contribution in [1.29, 1.82) is 0 Å². The van der Waals surface area contributed by atoms with Crippen LogP contribution in [0, 0.1) is 0 Å². The molecule has 1 saturated heterocycles. The van der Waals surface area contributed by atoms with Crippen molar-refractivity contribution in [3.63, 3.8) is 0 Å². The van der Waals surface area contributed by atoms with Crippen LogP contribution < -0.4 is 5.32 Å². The van der Waals surface area contributed by atoms with Gasteiger partial charge >= 0.3 is 0 Å². The highest BCUT2D eigenvalue weighted by atomic mass is 16.3. The average molecular weight is 376 g/mol. The van der Waals surface area contributed by atoms with E-state index in [1.807, 2.05) is 59.5 Å². The molecule has 0 saturated carbocycles. The van der Waals surface area contributed by atoms with Gasteiger partial charge in [0.15, 0.2) is 0 Å². The molecule has 1 aliphatic rings. The maximum absolute atomic E-state index is 13.2. The van der Waals surface area contributed by atoms with E-state index in [-0.39, 0.29) is 24.0 Å². The van der Waals surface area contributed by atoms with Crippen LogP contribution in [0.3, 0.4) is 0 Å². The molecule has 0 atom stereocenters. The Bertz CT molecular complexity index is 970. The van der Waals surface area contributed by atoms with E-state index in [1.165, 1.54) is 0 Å². The number of hydrogen-bond acceptors (Lipinski definition) is 3. The molecule has 2 heterocycles. The van der Waals surface area contributed by atoms with E-state index < -0.39 is 0 Å². The maximum atomic E-state index is 13.2.